The van der Waals surface area contributed by atoms with Crippen LogP contribution in [0.15, 0.2) is 0 Å². The summed E-state index contributed by atoms with van der Waals surface area (Å²) in [5.41, 5.74) is 0. The zero-order valence-corrected chi connectivity index (χ0v) is 15.1. The zero-order valence-electron chi connectivity index (χ0n) is 15.1. The SMILES string of the molecule is CCCCO[C@@]1(CO)O[C@H](CO[C@H]2O[C@H](CO)[C@@H](O)[C@H](O)[C@H]2O)[C@@H](O)[C@@H]1O. The standard InChI is InChI=1S/C16H30O11/c1-2-3-4-25-16(7-18)14(23)11(20)9(27-16)6-24-15-13(22)12(21)10(19)8(5-17)26-15/h8-15,17-23H,2-7H2,1H3/t8-,9-,10-,11-,12+,13-,14+,15+,16+/m1/s1. The van der Waals surface area contributed by atoms with Gasteiger partial charge in [0.05, 0.1) is 19.8 Å². The van der Waals surface area contributed by atoms with Gasteiger partial charge in [-0.1, -0.05) is 13.3 Å². The van der Waals surface area contributed by atoms with E-state index in [2.05, 4.69) is 0 Å². The third-order valence-corrected chi connectivity index (χ3v) is 4.84. The van der Waals surface area contributed by atoms with Crippen molar-refractivity contribution in [2.45, 2.75) is 74.6 Å². The first-order valence-corrected chi connectivity index (χ1v) is 9.02. The lowest BCUT2D eigenvalue weighted by Crippen LogP contribution is -2.59. The van der Waals surface area contributed by atoms with E-state index in [1.807, 2.05) is 6.92 Å². The van der Waals surface area contributed by atoms with Crippen LogP contribution in [0.1, 0.15) is 19.8 Å². The number of hydrogen-bond acceptors (Lipinski definition) is 11. The summed E-state index contributed by atoms with van der Waals surface area (Å²) in [7, 11) is 0. The maximum absolute atomic E-state index is 10.2. The van der Waals surface area contributed by atoms with Crippen molar-refractivity contribution >= 4 is 0 Å². The molecular formula is C16H30O11. The number of unbranched alkanes of at least 4 members (excludes halogenated alkanes) is 1. The van der Waals surface area contributed by atoms with Gasteiger partial charge in [-0.15, -0.1) is 0 Å². The van der Waals surface area contributed by atoms with Gasteiger partial charge in [0.1, 0.15) is 49.3 Å². The Morgan fingerprint density at radius 2 is 1.63 bits per heavy atom. The Hall–Kier alpha value is -0.440. The molecule has 0 spiro atoms. The van der Waals surface area contributed by atoms with Crippen molar-refractivity contribution in [3.8, 4) is 0 Å². The number of rotatable bonds is 9. The minimum absolute atomic E-state index is 0.209. The molecule has 0 amide bonds. The van der Waals surface area contributed by atoms with Gasteiger partial charge in [0, 0.05) is 0 Å². The summed E-state index contributed by atoms with van der Waals surface area (Å²) >= 11 is 0. The second-order valence-corrected chi connectivity index (χ2v) is 6.79. The highest BCUT2D eigenvalue weighted by Gasteiger charge is 2.55. The lowest BCUT2D eigenvalue weighted by molar-refractivity contribution is -0.313. The van der Waals surface area contributed by atoms with Gasteiger partial charge in [-0.3, -0.25) is 0 Å². The van der Waals surface area contributed by atoms with Crippen LogP contribution in [0.5, 0.6) is 0 Å². The van der Waals surface area contributed by atoms with E-state index in [9.17, 15) is 30.6 Å². The van der Waals surface area contributed by atoms with Crippen LogP contribution in [0, 0.1) is 0 Å². The molecule has 2 aliphatic heterocycles. The Balaban J connectivity index is 1.96. The third-order valence-electron chi connectivity index (χ3n) is 4.84. The van der Waals surface area contributed by atoms with Crippen LogP contribution >= 0.6 is 0 Å². The molecule has 9 atom stereocenters. The Labute approximate surface area is 156 Å². The average Bonchev–Trinajstić information content (AvgIpc) is 2.91. The Morgan fingerprint density at radius 3 is 2.22 bits per heavy atom. The van der Waals surface area contributed by atoms with E-state index in [0.717, 1.165) is 6.42 Å². The highest BCUT2D eigenvalue weighted by Crippen LogP contribution is 2.33. The van der Waals surface area contributed by atoms with E-state index in [4.69, 9.17) is 24.1 Å². The lowest BCUT2D eigenvalue weighted by atomic mass is 9.99. The molecule has 0 aromatic carbocycles. The van der Waals surface area contributed by atoms with Crippen molar-refractivity contribution in [3.63, 3.8) is 0 Å². The molecule has 2 saturated heterocycles. The molecule has 27 heavy (non-hydrogen) atoms. The van der Waals surface area contributed by atoms with Crippen molar-refractivity contribution < 1.29 is 54.7 Å². The van der Waals surface area contributed by atoms with Gasteiger partial charge in [-0.05, 0) is 6.42 Å². The van der Waals surface area contributed by atoms with Gasteiger partial charge < -0.3 is 54.7 Å². The average molecular weight is 398 g/mol. The Morgan fingerprint density at radius 1 is 0.926 bits per heavy atom. The molecule has 0 aromatic heterocycles. The minimum Gasteiger partial charge on any atom is -0.394 e. The van der Waals surface area contributed by atoms with Crippen LogP contribution < -0.4 is 0 Å². The van der Waals surface area contributed by atoms with Crippen LogP contribution in [-0.2, 0) is 18.9 Å². The van der Waals surface area contributed by atoms with Crippen molar-refractivity contribution in [1.29, 1.82) is 0 Å². The number of hydrogen-bond donors (Lipinski definition) is 7. The summed E-state index contributed by atoms with van der Waals surface area (Å²) in [6, 6.07) is 0. The van der Waals surface area contributed by atoms with Crippen molar-refractivity contribution in [2.75, 3.05) is 26.4 Å². The van der Waals surface area contributed by atoms with E-state index in [1.54, 1.807) is 0 Å². The molecule has 11 heteroatoms. The van der Waals surface area contributed by atoms with E-state index in [1.165, 1.54) is 0 Å². The normalized spacial score (nSPS) is 45.3. The predicted octanol–water partition coefficient (Wildman–Crippen LogP) is -3.57. The number of aliphatic hydroxyl groups excluding tert-OH is 7. The van der Waals surface area contributed by atoms with E-state index in [-0.39, 0.29) is 13.2 Å². The minimum atomic E-state index is -1.79. The van der Waals surface area contributed by atoms with Gasteiger partial charge in [-0.2, -0.15) is 0 Å². The highest BCUT2D eigenvalue weighted by atomic mass is 16.8. The molecule has 0 aromatic rings. The molecule has 2 heterocycles. The van der Waals surface area contributed by atoms with Gasteiger partial charge in [-0.25, -0.2) is 0 Å². The molecule has 11 nitrogen and oxygen atoms in total. The molecule has 160 valence electrons. The summed E-state index contributed by atoms with van der Waals surface area (Å²) in [5.74, 6) is -1.79. The molecule has 7 N–H and O–H groups in total. The first-order chi connectivity index (χ1) is 12.8. The molecule has 0 radical (unpaired) electrons. The molecule has 0 bridgehead atoms. The molecule has 0 saturated carbocycles. The Kier molecular flexibility index (Phi) is 8.34. The van der Waals surface area contributed by atoms with Gasteiger partial charge in [0.15, 0.2) is 6.29 Å². The second kappa shape index (κ2) is 9.85. The van der Waals surface area contributed by atoms with Crippen LogP contribution in [0.2, 0.25) is 0 Å². The first-order valence-electron chi connectivity index (χ1n) is 9.02. The summed E-state index contributed by atoms with van der Waals surface area (Å²) < 4.78 is 21.5. The third kappa shape index (κ3) is 4.77. The smallest absolute Gasteiger partial charge is 0.221 e. The predicted molar refractivity (Wildman–Crippen MR) is 87.3 cm³/mol. The zero-order chi connectivity index (χ0) is 20.2. The van der Waals surface area contributed by atoms with Crippen molar-refractivity contribution in [2.24, 2.45) is 0 Å². The summed E-state index contributed by atoms with van der Waals surface area (Å²) in [5, 5.41) is 68.6. The van der Waals surface area contributed by atoms with Crippen molar-refractivity contribution in [1.82, 2.24) is 0 Å². The van der Waals surface area contributed by atoms with Crippen molar-refractivity contribution in [3.05, 3.63) is 0 Å². The maximum atomic E-state index is 10.2. The van der Waals surface area contributed by atoms with Gasteiger partial charge in [0.2, 0.25) is 5.79 Å². The van der Waals surface area contributed by atoms with E-state index < -0.39 is 68.0 Å². The maximum Gasteiger partial charge on any atom is 0.221 e. The summed E-state index contributed by atoms with van der Waals surface area (Å²) in [6.45, 7) is 0.476. The first kappa shape index (κ1) is 22.8. The fraction of sp³-hybridized carbons (Fsp3) is 1.00. The highest BCUT2D eigenvalue weighted by molar-refractivity contribution is 4.97. The van der Waals surface area contributed by atoms with E-state index in [0.29, 0.717) is 6.42 Å². The molecule has 2 aliphatic rings. The van der Waals surface area contributed by atoms with Crippen LogP contribution in [0.25, 0.3) is 0 Å². The molecular weight excluding hydrogens is 368 g/mol. The Bertz CT molecular complexity index is 450. The molecule has 0 aliphatic carbocycles. The van der Waals surface area contributed by atoms with Gasteiger partial charge in [0.25, 0.3) is 0 Å². The molecule has 2 fully saturated rings. The molecule has 2 rings (SSSR count). The summed E-state index contributed by atoms with van der Waals surface area (Å²) in [6.07, 6.45) is -9.85. The quantitative estimate of drug-likeness (QED) is 0.191. The van der Waals surface area contributed by atoms with E-state index >= 15 is 0 Å². The fourth-order valence-electron chi connectivity index (χ4n) is 3.07. The van der Waals surface area contributed by atoms with Crippen LogP contribution in [-0.4, -0.2) is 117 Å². The van der Waals surface area contributed by atoms with Crippen LogP contribution in [0.4, 0.5) is 0 Å². The topological polar surface area (TPSA) is 179 Å². The lowest BCUT2D eigenvalue weighted by Gasteiger charge is -2.39. The van der Waals surface area contributed by atoms with Gasteiger partial charge >= 0.3 is 0 Å². The number of aliphatic hydroxyl groups is 7. The molecule has 0 unspecified atom stereocenters. The second-order valence-electron chi connectivity index (χ2n) is 6.79. The monoisotopic (exact) mass is 398 g/mol. The number of ether oxygens (including phenoxy) is 4. The fourth-order valence-corrected chi connectivity index (χ4v) is 3.07. The largest absolute Gasteiger partial charge is 0.394 e. The summed E-state index contributed by atoms with van der Waals surface area (Å²) in [4.78, 5) is 0. The van der Waals surface area contributed by atoms with Crippen LogP contribution in [0.3, 0.4) is 0 Å².